The largest absolute Gasteiger partial charge is 0.366 e. The van der Waals surface area contributed by atoms with Gasteiger partial charge in [0.1, 0.15) is 0 Å². The molecular formula is C17H16N6. The lowest BCUT2D eigenvalue weighted by molar-refractivity contribution is 0.801. The van der Waals surface area contributed by atoms with E-state index in [0.717, 1.165) is 17.6 Å². The van der Waals surface area contributed by atoms with Gasteiger partial charge in [0.25, 0.3) is 0 Å². The molecule has 23 heavy (non-hydrogen) atoms. The minimum atomic E-state index is 0.361. The van der Waals surface area contributed by atoms with Gasteiger partial charge in [-0.25, -0.2) is 4.98 Å². The summed E-state index contributed by atoms with van der Waals surface area (Å²) < 4.78 is 1.72. The molecule has 0 unspecified atom stereocenters. The van der Waals surface area contributed by atoms with E-state index in [4.69, 9.17) is 0 Å². The molecule has 0 aliphatic rings. The van der Waals surface area contributed by atoms with Crippen LogP contribution in [0.1, 0.15) is 18.4 Å². The molecular weight excluding hydrogens is 288 g/mol. The summed E-state index contributed by atoms with van der Waals surface area (Å²) in [7, 11) is 0. The first kappa shape index (κ1) is 13.6. The summed E-state index contributed by atoms with van der Waals surface area (Å²) in [5.41, 5.74) is 3.69. The number of rotatable bonds is 4. The van der Waals surface area contributed by atoms with Crippen LogP contribution in [0.15, 0.2) is 54.6 Å². The smallest absolute Gasteiger partial charge is 0.222 e. The molecule has 4 rings (SSSR count). The molecule has 0 fully saturated rings. The van der Waals surface area contributed by atoms with Crippen LogP contribution in [0, 0.1) is 0 Å². The van der Waals surface area contributed by atoms with Crippen molar-refractivity contribution in [1.82, 2.24) is 25.0 Å². The predicted molar refractivity (Wildman–Crippen MR) is 89.4 cm³/mol. The average molecular weight is 304 g/mol. The van der Waals surface area contributed by atoms with Gasteiger partial charge in [0.2, 0.25) is 5.65 Å². The highest BCUT2D eigenvalue weighted by atomic mass is 15.5. The van der Waals surface area contributed by atoms with Crippen molar-refractivity contribution in [1.29, 1.82) is 0 Å². The molecule has 0 amide bonds. The molecule has 2 aromatic heterocycles. The molecule has 1 atom stereocenters. The Hall–Kier alpha value is -3.02. The third-order valence-electron chi connectivity index (χ3n) is 3.97. The van der Waals surface area contributed by atoms with E-state index < -0.39 is 0 Å². The molecule has 6 heteroatoms. The van der Waals surface area contributed by atoms with Crippen LogP contribution in [0.4, 0.5) is 5.82 Å². The molecule has 0 aliphatic heterocycles. The third-order valence-corrected chi connectivity index (χ3v) is 3.97. The number of anilines is 1. The van der Waals surface area contributed by atoms with Gasteiger partial charge >= 0.3 is 0 Å². The third kappa shape index (κ3) is 2.48. The molecule has 4 aromatic rings. The van der Waals surface area contributed by atoms with Crippen molar-refractivity contribution in [3.05, 3.63) is 60.2 Å². The zero-order valence-corrected chi connectivity index (χ0v) is 12.7. The molecule has 0 spiro atoms. The topological polar surface area (TPSA) is 68.0 Å². The van der Waals surface area contributed by atoms with E-state index in [2.05, 4.69) is 57.0 Å². The molecule has 2 aromatic carbocycles. The van der Waals surface area contributed by atoms with Gasteiger partial charge in [0.15, 0.2) is 5.82 Å². The number of fused-ring (bicyclic) bond motifs is 3. The molecule has 0 radical (unpaired) electrons. The van der Waals surface area contributed by atoms with Gasteiger partial charge in [-0.05, 0) is 34.0 Å². The van der Waals surface area contributed by atoms with E-state index in [0.29, 0.717) is 17.4 Å². The first-order chi connectivity index (χ1) is 11.3. The molecule has 6 nitrogen and oxygen atoms in total. The van der Waals surface area contributed by atoms with Crippen LogP contribution in [0.25, 0.3) is 16.7 Å². The summed E-state index contributed by atoms with van der Waals surface area (Å²) in [5, 5.41) is 15.3. The van der Waals surface area contributed by atoms with Crippen LogP contribution in [0.5, 0.6) is 0 Å². The van der Waals surface area contributed by atoms with Crippen molar-refractivity contribution in [2.45, 2.75) is 12.8 Å². The van der Waals surface area contributed by atoms with E-state index in [-0.39, 0.29) is 0 Å². The molecule has 114 valence electrons. The van der Waals surface area contributed by atoms with Crippen molar-refractivity contribution in [2.24, 2.45) is 0 Å². The van der Waals surface area contributed by atoms with Crippen molar-refractivity contribution >= 4 is 22.5 Å². The van der Waals surface area contributed by atoms with Gasteiger partial charge in [-0.15, -0.1) is 5.10 Å². The maximum atomic E-state index is 4.67. The summed E-state index contributed by atoms with van der Waals surface area (Å²) in [6.07, 6.45) is 0. The van der Waals surface area contributed by atoms with Gasteiger partial charge < -0.3 is 5.32 Å². The number of tetrazole rings is 1. The fourth-order valence-corrected chi connectivity index (χ4v) is 2.67. The monoisotopic (exact) mass is 304 g/mol. The zero-order valence-electron chi connectivity index (χ0n) is 12.7. The maximum absolute atomic E-state index is 4.67. The number of hydrogen-bond acceptors (Lipinski definition) is 5. The normalized spacial score (nSPS) is 12.6. The van der Waals surface area contributed by atoms with E-state index >= 15 is 0 Å². The summed E-state index contributed by atoms with van der Waals surface area (Å²) in [5.74, 6) is 1.07. The summed E-state index contributed by atoms with van der Waals surface area (Å²) >= 11 is 0. The van der Waals surface area contributed by atoms with Crippen molar-refractivity contribution < 1.29 is 0 Å². The lowest BCUT2D eigenvalue weighted by Gasteiger charge is -2.14. The maximum Gasteiger partial charge on any atom is 0.222 e. The SMILES string of the molecule is C[C@@H](CNc1nc2ccccc2n2nnnc12)c1ccccc1. The highest BCUT2D eigenvalue weighted by Gasteiger charge is 2.12. The Morgan fingerprint density at radius 1 is 1.04 bits per heavy atom. The van der Waals surface area contributed by atoms with E-state index in [1.807, 2.05) is 30.3 Å². The van der Waals surface area contributed by atoms with Crippen LogP contribution in [-0.2, 0) is 0 Å². The Morgan fingerprint density at radius 3 is 2.70 bits per heavy atom. The second-order valence-electron chi connectivity index (χ2n) is 5.56. The first-order valence-corrected chi connectivity index (χ1v) is 7.58. The lowest BCUT2D eigenvalue weighted by Crippen LogP contribution is -2.12. The molecule has 2 heterocycles. The second-order valence-corrected chi connectivity index (χ2v) is 5.56. The Labute approximate surface area is 133 Å². The van der Waals surface area contributed by atoms with Gasteiger partial charge in [-0.1, -0.05) is 49.4 Å². The van der Waals surface area contributed by atoms with Gasteiger partial charge in [-0.3, -0.25) is 0 Å². The van der Waals surface area contributed by atoms with Gasteiger partial charge in [0, 0.05) is 6.54 Å². The molecule has 1 N–H and O–H groups in total. The molecule has 0 saturated carbocycles. The summed E-state index contributed by atoms with van der Waals surface area (Å²) in [6, 6.07) is 18.2. The Kier molecular flexibility index (Phi) is 3.34. The second kappa shape index (κ2) is 5.64. The van der Waals surface area contributed by atoms with Crippen molar-refractivity contribution in [3.63, 3.8) is 0 Å². The number of aromatic nitrogens is 5. The van der Waals surface area contributed by atoms with Crippen LogP contribution in [-0.4, -0.2) is 31.6 Å². The Bertz CT molecular complexity index is 947. The quantitative estimate of drug-likeness (QED) is 0.628. The van der Waals surface area contributed by atoms with Crippen molar-refractivity contribution in [2.75, 3.05) is 11.9 Å². The highest BCUT2D eigenvalue weighted by Crippen LogP contribution is 2.20. The molecule has 0 aliphatic carbocycles. The molecule has 0 saturated heterocycles. The van der Waals surface area contributed by atoms with Crippen LogP contribution < -0.4 is 5.32 Å². The Balaban J connectivity index is 1.67. The number of hydrogen-bond donors (Lipinski definition) is 1. The minimum Gasteiger partial charge on any atom is -0.366 e. The fraction of sp³-hybridized carbons (Fsp3) is 0.176. The van der Waals surface area contributed by atoms with E-state index in [9.17, 15) is 0 Å². The van der Waals surface area contributed by atoms with Crippen molar-refractivity contribution in [3.8, 4) is 0 Å². The Morgan fingerprint density at radius 2 is 1.83 bits per heavy atom. The number of nitrogens with one attached hydrogen (secondary N) is 1. The number of para-hydroxylation sites is 2. The fourth-order valence-electron chi connectivity index (χ4n) is 2.67. The zero-order chi connectivity index (χ0) is 15.6. The summed E-state index contributed by atoms with van der Waals surface area (Å²) in [4.78, 5) is 4.67. The number of nitrogens with zero attached hydrogens (tertiary/aromatic N) is 5. The van der Waals surface area contributed by atoms with E-state index in [1.165, 1.54) is 5.56 Å². The van der Waals surface area contributed by atoms with Crippen LogP contribution in [0.3, 0.4) is 0 Å². The van der Waals surface area contributed by atoms with Crippen LogP contribution in [0.2, 0.25) is 0 Å². The van der Waals surface area contributed by atoms with E-state index in [1.54, 1.807) is 4.52 Å². The lowest BCUT2D eigenvalue weighted by atomic mass is 10.0. The first-order valence-electron chi connectivity index (χ1n) is 7.58. The summed E-state index contributed by atoms with van der Waals surface area (Å²) in [6.45, 7) is 2.94. The average Bonchev–Trinajstić information content (AvgIpc) is 3.10. The molecule has 0 bridgehead atoms. The predicted octanol–water partition coefficient (Wildman–Crippen LogP) is 2.89. The number of benzene rings is 2. The van der Waals surface area contributed by atoms with Gasteiger partial charge in [0.05, 0.1) is 11.0 Å². The minimum absolute atomic E-state index is 0.361. The van der Waals surface area contributed by atoms with Gasteiger partial charge in [-0.2, -0.15) is 4.52 Å². The standard InChI is InChI=1S/C17H16N6/c1-12(13-7-3-2-4-8-13)11-18-16-17-20-21-22-23(17)15-10-6-5-9-14(15)19-16/h2-10,12H,11H2,1H3,(H,18,19)/t12-/m0/s1. The highest BCUT2D eigenvalue weighted by molar-refractivity contribution is 5.81. The van der Waals surface area contributed by atoms with Crippen LogP contribution >= 0.6 is 0 Å².